The lowest BCUT2D eigenvalue weighted by molar-refractivity contribution is 0.185. The average molecular weight is 390 g/mol. The van der Waals surface area contributed by atoms with Gasteiger partial charge in [0.25, 0.3) is 0 Å². The third kappa shape index (κ3) is 4.67. The van der Waals surface area contributed by atoms with Crippen LogP contribution in [0.1, 0.15) is 43.5 Å². The first-order chi connectivity index (χ1) is 14.2. The molecule has 0 radical (unpaired) electrons. The Bertz CT molecular complexity index is 912. The van der Waals surface area contributed by atoms with Crippen molar-refractivity contribution in [2.75, 3.05) is 12.4 Å². The van der Waals surface area contributed by atoms with Gasteiger partial charge in [0, 0.05) is 30.9 Å². The van der Waals surface area contributed by atoms with Crippen LogP contribution in [-0.4, -0.2) is 32.8 Å². The third-order valence-corrected chi connectivity index (χ3v) is 6.07. The Balaban J connectivity index is 1.43. The van der Waals surface area contributed by atoms with Gasteiger partial charge in [0.1, 0.15) is 0 Å². The minimum Gasteiger partial charge on any atom is -0.377 e. The predicted molar refractivity (Wildman–Crippen MR) is 119 cm³/mol. The fourth-order valence-corrected chi connectivity index (χ4v) is 4.28. The summed E-state index contributed by atoms with van der Waals surface area (Å²) in [4.78, 5) is 2.52. The first-order valence-corrected chi connectivity index (χ1v) is 10.7. The fourth-order valence-electron chi connectivity index (χ4n) is 4.28. The van der Waals surface area contributed by atoms with Crippen molar-refractivity contribution in [2.24, 2.45) is 7.05 Å². The van der Waals surface area contributed by atoms with Gasteiger partial charge < -0.3 is 9.88 Å². The number of aromatic nitrogens is 3. The van der Waals surface area contributed by atoms with E-state index < -0.39 is 0 Å². The van der Waals surface area contributed by atoms with Gasteiger partial charge in [-0.05, 0) is 31.5 Å². The van der Waals surface area contributed by atoms with E-state index in [1.807, 2.05) is 25.2 Å². The van der Waals surface area contributed by atoms with Crippen LogP contribution in [0.25, 0.3) is 11.4 Å². The predicted octanol–water partition coefficient (Wildman–Crippen LogP) is 4.86. The van der Waals surface area contributed by atoms with Gasteiger partial charge in [-0.2, -0.15) is 0 Å². The lowest BCUT2D eigenvalue weighted by Crippen LogP contribution is -2.33. The van der Waals surface area contributed by atoms with Crippen molar-refractivity contribution < 1.29 is 0 Å². The van der Waals surface area contributed by atoms with E-state index in [0.717, 1.165) is 23.8 Å². The number of hydrogen-bond donors (Lipinski definition) is 1. The van der Waals surface area contributed by atoms with Crippen LogP contribution in [0.5, 0.6) is 0 Å². The number of nitrogens with zero attached hydrogens (tertiary/aromatic N) is 4. The van der Waals surface area contributed by atoms with Crippen molar-refractivity contribution in [3.8, 4) is 11.4 Å². The monoisotopic (exact) mass is 389 g/mol. The van der Waals surface area contributed by atoms with Gasteiger partial charge in [-0.3, -0.25) is 4.90 Å². The lowest BCUT2D eigenvalue weighted by atomic mass is 9.94. The highest BCUT2D eigenvalue weighted by molar-refractivity contribution is 5.55. The quantitative estimate of drug-likeness (QED) is 0.627. The Morgan fingerprint density at radius 3 is 2.48 bits per heavy atom. The van der Waals surface area contributed by atoms with Crippen LogP contribution in [0.3, 0.4) is 0 Å². The highest BCUT2D eigenvalue weighted by atomic mass is 15.3. The van der Waals surface area contributed by atoms with E-state index in [-0.39, 0.29) is 0 Å². The van der Waals surface area contributed by atoms with Crippen LogP contribution in [0.15, 0.2) is 54.6 Å². The van der Waals surface area contributed by atoms with Crippen LogP contribution in [-0.2, 0) is 20.1 Å². The summed E-state index contributed by atoms with van der Waals surface area (Å²) in [5.41, 5.74) is 3.61. The Labute approximate surface area is 173 Å². The molecule has 29 heavy (non-hydrogen) atoms. The molecule has 1 aliphatic rings. The second-order valence-corrected chi connectivity index (χ2v) is 8.08. The van der Waals surface area contributed by atoms with Gasteiger partial charge in [-0.1, -0.05) is 67.8 Å². The molecule has 152 valence electrons. The first kappa shape index (κ1) is 19.6. The van der Waals surface area contributed by atoms with Crippen LogP contribution < -0.4 is 5.32 Å². The Hall–Kier alpha value is -2.66. The van der Waals surface area contributed by atoms with Crippen molar-refractivity contribution in [2.45, 2.75) is 51.2 Å². The molecule has 3 aromatic rings. The number of nitrogens with one attached hydrogen (secondary N) is 1. The van der Waals surface area contributed by atoms with Gasteiger partial charge in [-0.15, -0.1) is 10.2 Å². The van der Waals surface area contributed by atoms with E-state index in [0.29, 0.717) is 12.6 Å². The Morgan fingerprint density at radius 1 is 0.966 bits per heavy atom. The smallest absolute Gasteiger partial charge is 0.163 e. The van der Waals surface area contributed by atoms with Crippen LogP contribution in [0.4, 0.5) is 5.69 Å². The number of benzene rings is 2. The van der Waals surface area contributed by atoms with E-state index in [9.17, 15) is 0 Å². The van der Waals surface area contributed by atoms with Crippen LogP contribution in [0.2, 0.25) is 0 Å². The van der Waals surface area contributed by atoms with Gasteiger partial charge in [0.15, 0.2) is 11.6 Å². The molecule has 0 bridgehead atoms. The molecule has 5 heteroatoms. The molecule has 1 N–H and O–H groups in total. The minimum absolute atomic E-state index is 0.653. The lowest BCUT2D eigenvalue weighted by Gasteiger charge is -2.31. The number of rotatable bonds is 7. The molecular formula is C24H31N5. The summed E-state index contributed by atoms with van der Waals surface area (Å²) in [5, 5.41) is 12.4. The van der Waals surface area contributed by atoms with E-state index in [1.54, 1.807) is 0 Å². The topological polar surface area (TPSA) is 46.0 Å². The van der Waals surface area contributed by atoms with E-state index in [4.69, 9.17) is 0 Å². The maximum Gasteiger partial charge on any atom is 0.163 e. The molecule has 0 atom stereocenters. The molecule has 5 nitrogen and oxygen atoms in total. The summed E-state index contributed by atoms with van der Waals surface area (Å²) in [6.07, 6.45) is 6.78. The van der Waals surface area contributed by atoms with Crippen LogP contribution >= 0.6 is 0 Å². The molecule has 0 spiro atoms. The highest BCUT2D eigenvalue weighted by Crippen LogP contribution is 2.25. The summed E-state index contributed by atoms with van der Waals surface area (Å²) in [5.74, 6) is 1.83. The summed E-state index contributed by atoms with van der Waals surface area (Å²) in [7, 11) is 4.30. The normalized spacial score (nSPS) is 15.0. The number of anilines is 1. The zero-order valence-corrected chi connectivity index (χ0v) is 17.5. The summed E-state index contributed by atoms with van der Waals surface area (Å²) < 4.78 is 2.07. The van der Waals surface area contributed by atoms with Crippen molar-refractivity contribution in [1.82, 2.24) is 19.7 Å². The standard InChI is InChI=1S/C24H31N5/c1-28(21-14-7-4-8-15-21)18-20-13-9-10-16-22(20)25-17-23-26-27-24(29(23)2)19-11-5-3-6-12-19/h3,5-6,9-13,16,21,25H,4,7-8,14-15,17-18H2,1-2H3. The molecule has 1 fully saturated rings. The van der Waals surface area contributed by atoms with Gasteiger partial charge in [-0.25, -0.2) is 0 Å². The molecule has 0 saturated heterocycles. The first-order valence-electron chi connectivity index (χ1n) is 10.7. The summed E-state index contributed by atoms with van der Waals surface area (Å²) >= 11 is 0. The zero-order valence-electron chi connectivity index (χ0n) is 17.5. The minimum atomic E-state index is 0.653. The average Bonchev–Trinajstić information content (AvgIpc) is 3.14. The van der Waals surface area contributed by atoms with Gasteiger partial charge >= 0.3 is 0 Å². The second-order valence-electron chi connectivity index (χ2n) is 8.08. The molecule has 1 saturated carbocycles. The van der Waals surface area contributed by atoms with E-state index >= 15 is 0 Å². The fraction of sp³-hybridized carbons (Fsp3) is 0.417. The number of hydrogen-bond acceptors (Lipinski definition) is 4. The SMILES string of the molecule is CN(Cc1ccccc1NCc1nnc(-c2ccccc2)n1C)C1CCCCC1. The Morgan fingerprint density at radius 2 is 1.69 bits per heavy atom. The van der Waals surface area contributed by atoms with Crippen molar-refractivity contribution in [3.05, 3.63) is 66.0 Å². The maximum absolute atomic E-state index is 4.41. The number of para-hydroxylation sites is 1. The molecular weight excluding hydrogens is 358 g/mol. The summed E-state index contributed by atoms with van der Waals surface area (Å²) in [6.45, 7) is 1.63. The zero-order chi connectivity index (χ0) is 20.1. The van der Waals surface area contributed by atoms with Crippen molar-refractivity contribution in [3.63, 3.8) is 0 Å². The molecule has 0 amide bonds. The maximum atomic E-state index is 4.41. The van der Waals surface area contributed by atoms with E-state index in [1.165, 1.54) is 43.4 Å². The van der Waals surface area contributed by atoms with Gasteiger partial charge in [0.2, 0.25) is 0 Å². The van der Waals surface area contributed by atoms with Crippen molar-refractivity contribution >= 4 is 5.69 Å². The molecule has 1 heterocycles. The summed E-state index contributed by atoms with van der Waals surface area (Å²) in [6, 6.07) is 19.5. The largest absolute Gasteiger partial charge is 0.377 e. The van der Waals surface area contributed by atoms with Gasteiger partial charge in [0.05, 0.1) is 6.54 Å². The third-order valence-electron chi connectivity index (χ3n) is 6.07. The van der Waals surface area contributed by atoms with E-state index in [2.05, 4.69) is 68.4 Å². The molecule has 1 aliphatic carbocycles. The molecule has 1 aromatic heterocycles. The highest BCUT2D eigenvalue weighted by Gasteiger charge is 2.19. The molecule has 0 unspecified atom stereocenters. The van der Waals surface area contributed by atoms with Crippen molar-refractivity contribution in [1.29, 1.82) is 0 Å². The second kappa shape index (κ2) is 9.23. The molecule has 2 aromatic carbocycles. The Kier molecular flexibility index (Phi) is 6.25. The molecule has 0 aliphatic heterocycles. The molecule has 4 rings (SSSR count). The van der Waals surface area contributed by atoms with Crippen LogP contribution in [0, 0.1) is 0 Å².